The number of rotatable bonds is 4. The maximum atomic E-state index is 6.23. The summed E-state index contributed by atoms with van der Waals surface area (Å²) in [6.45, 7) is 2.12. The Labute approximate surface area is 131 Å². The van der Waals surface area contributed by atoms with Crippen LogP contribution in [0.5, 0.6) is 5.75 Å². The second-order valence-electron chi connectivity index (χ2n) is 5.77. The Morgan fingerprint density at radius 1 is 1.10 bits per heavy atom. The summed E-state index contributed by atoms with van der Waals surface area (Å²) < 4.78 is 5.25. The van der Waals surface area contributed by atoms with Crippen molar-refractivity contribution in [3.05, 3.63) is 58.6 Å². The number of halogens is 1. The molecule has 21 heavy (non-hydrogen) atoms. The van der Waals surface area contributed by atoms with E-state index in [0.717, 1.165) is 29.3 Å². The Morgan fingerprint density at radius 3 is 2.48 bits per heavy atom. The van der Waals surface area contributed by atoms with Crippen LogP contribution in [0, 0.1) is 6.92 Å². The molecule has 0 radical (unpaired) electrons. The van der Waals surface area contributed by atoms with Gasteiger partial charge in [0, 0.05) is 12.1 Å². The SMILES string of the molecule is COc1ccc(Cl)c(NC2CC(c3ccc(C)cc3)C2)c1. The summed E-state index contributed by atoms with van der Waals surface area (Å²) in [7, 11) is 1.67. The fourth-order valence-electron chi connectivity index (χ4n) is 2.81. The zero-order chi connectivity index (χ0) is 14.8. The van der Waals surface area contributed by atoms with Crippen molar-refractivity contribution in [2.45, 2.75) is 31.7 Å². The Balaban J connectivity index is 1.61. The van der Waals surface area contributed by atoms with Gasteiger partial charge >= 0.3 is 0 Å². The first-order valence-electron chi connectivity index (χ1n) is 7.32. The molecule has 1 N–H and O–H groups in total. The average molecular weight is 302 g/mol. The van der Waals surface area contributed by atoms with Gasteiger partial charge in [0.2, 0.25) is 0 Å². The van der Waals surface area contributed by atoms with E-state index < -0.39 is 0 Å². The first-order chi connectivity index (χ1) is 10.2. The lowest BCUT2D eigenvalue weighted by molar-refractivity contribution is 0.374. The van der Waals surface area contributed by atoms with Crippen molar-refractivity contribution >= 4 is 17.3 Å². The van der Waals surface area contributed by atoms with Crippen molar-refractivity contribution in [3.8, 4) is 5.75 Å². The van der Waals surface area contributed by atoms with Gasteiger partial charge in [-0.05, 0) is 43.4 Å². The van der Waals surface area contributed by atoms with Gasteiger partial charge in [0.25, 0.3) is 0 Å². The van der Waals surface area contributed by atoms with Gasteiger partial charge in [0.05, 0.1) is 17.8 Å². The van der Waals surface area contributed by atoms with E-state index >= 15 is 0 Å². The molecule has 2 aromatic carbocycles. The first kappa shape index (κ1) is 14.3. The molecule has 0 amide bonds. The quantitative estimate of drug-likeness (QED) is 0.856. The number of ether oxygens (including phenoxy) is 1. The van der Waals surface area contributed by atoms with E-state index in [1.54, 1.807) is 7.11 Å². The van der Waals surface area contributed by atoms with Crippen molar-refractivity contribution in [3.63, 3.8) is 0 Å². The number of aryl methyl sites for hydroxylation is 1. The summed E-state index contributed by atoms with van der Waals surface area (Å²) in [5, 5.41) is 4.27. The molecule has 2 aromatic rings. The summed E-state index contributed by atoms with van der Waals surface area (Å²) in [6, 6.07) is 15.1. The molecule has 3 heteroatoms. The molecule has 1 fully saturated rings. The summed E-state index contributed by atoms with van der Waals surface area (Å²) in [5.74, 6) is 1.49. The topological polar surface area (TPSA) is 21.3 Å². The molecule has 1 aliphatic carbocycles. The van der Waals surface area contributed by atoms with Crippen LogP contribution < -0.4 is 10.1 Å². The smallest absolute Gasteiger partial charge is 0.121 e. The zero-order valence-corrected chi connectivity index (χ0v) is 13.2. The Kier molecular flexibility index (Phi) is 4.07. The van der Waals surface area contributed by atoms with Gasteiger partial charge < -0.3 is 10.1 Å². The molecule has 0 saturated heterocycles. The number of nitrogens with one attached hydrogen (secondary N) is 1. The Hall–Kier alpha value is -1.67. The molecule has 110 valence electrons. The second kappa shape index (κ2) is 5.98. The van der Waals surface area contributed by atoms with Gasteiger partial charge in [-0.3, -0.25) is 0 Å². The highest BCUT2D eigenvalue weighted by Gasteiger charge is 2.30. The summed E-state index contributed by atoms with van der Waals surface area (Å²) >= 11 is 6.23. The van der Waals surface area contributed by atoms with Crippen LogP contribution in [0.2, 0.25) is 5.02 Å². The number of methoxy groups -OCH3 is 1. The van der Waals surface area contributed by atoms with Crippen LogP contribution in [0.15, 0.2) is 42.5 Å². The minimum Gasteiger partial charge on any atom is -0.497 e. The fraction of sp³-hybridized carbons (Fsp3) is 0.333. The van der Waals surface area contributed by atoms with Crippen molar-refractivity contribution in [2.24, 2.45) is 0 Å². The van der Waals surface area contributed by atoms with Gasteiger partial charge in [-0.1, -0.05) is 41.4 Å². The van der Waals surface area contributed by atoms with Crippen molar-refractivity contribution in [1.82, 2.24) is 0 Å². The van der Waals surface area contributed by atoms with Crippen LogP contribution in [-0.4, -0.2) is 13.2 Å². The highest BCUT2D eigenvalue weighted by atomic mass is 35.5. The third kappa shape index (κ3) is 3.16. The lowest BCUT2D eigenvalue weighted by atomic mass is 9.75. The van der Waals surface area contributed by atoms with Crippen LogP contribution in [0.25, 0.3) is 0 Å². The monoisotopic (exact) mass is 301 g/mol. The molecule has 1 aliphatic rings. The summed E-state index contributed by atoms with van der Waals surface area (Å²) in [5.41, 5.74) is 3.72. The minimum atomic E-state index is 0.487. The lowest BCUT2D eigenvalue weighted by Gasteiger charge is -2.37. The molecule has 1 saturated carbocycles. The van der Waals surface area contributed by atoms with Gasteiger partial charge in [-0.2, -0.15) is 0 Å². The number of anilines is 1. The normalized spacial score (nSPS) is 20.7. The number of benzene rings is 2. The molecule has 0 aromatic heterocycles. The highest BCUT2D eigenvalue weighted by molar-refractivity contribution is 6.33. The van der Waals surface area contributed by atoms with E-state index in [4.69, 9.17) is 16.3 Å². The standard InChI is InChI=1S/C18H20ClNO/c1-12-3-5-13(6-4-12)14-9-15(10-14)20-18-11-16(21-2)7-8-17(18)19/h3-8,11,14-15,20H,9-10H2,1-2H3. The molecule has 0 aliphatic heterocycles. The maximum absolute atomic E-state index is 6.23. The Bertz CT molecular complexity index is 618. The van der Waals surface area contributed by atoms with Gasteiger partial charge in [0.1, 0.15) is 5.75 Å². The van der Waals surface area contributed by atoms with E-state index in [-0.39, 0.29) is 0 Å². The van der Waals surface area contributed by atoms with Gasteiger partial charge in [-0.15, -0.1) is 0 Å². The molecule has 0 heterocycles. The van der Waals surface area contributed by atoms with Crippen LogP contribution in [0.1, 0.15) is 29.9 Å². The predicted octanol–water partition coefficient (Wildman–Crippen LogP) is 5.02. The van der Waals surface area contributed by atoms with Crippen LogP contribution in [0.4, 0.5) is 5.69 Å². The fourth-order valence-corrected chi connectivity index (χ4v) is 2.98. The third-order valence-electron chi connectivity index (χ3n) is 4.22. The Morgan fingerprint density at radius 2 is 1.81 bits per heavy atom. The molecular formula is C18H20ClNO. The highest BCUT2D eigenvalue weighted by Crippen LogP contribution is 2.40. The third-order valence-corrected chi connectivity index (χ3v) is 4.55. The molecule has 0 spiro atoms. The average Bonchev–Trinajstić information content (AvgIpc) is 2.45. The minimum absolute atomic E-state index is 0.487. The van der Waals surface area contributed by atoms with Crippen LogP contribution >= 0.6 is 11.6 Å². The molecule has 3 rings (SSSR count). The van der Waals surface area contributed by atoms with Gasteiger partial charge in [-0.25, -0.2) is 0 Å². The van der Waals surface area contributed by atoms with E-state index in [1.807, 2.05) is 18.2 Å². The van der Waals surface area contributed by atoms with E-state index in [1.165, 1.54) is 11.1 Å². The zero-order valence-electron chi connectivity index (χ0n) is 12.4. The van der Waals surface area contributed by atoms with E-state index in [9.17, 15) is 0 Å². The predicted molar refractivity (Wildman–Crippen MR) is 88.6 cm³/mol. The number of hydrogen-bond acceptors (Lipinski definition) is 2. The molecule has 2 nitrogen and oxygen atoms in total. The van der Waals surface area contributed by atoms with Crippen molar-refractivity contribution < 1.29 is 4.74 Å². The molecular weight excluding hydrogens is 282 g/mol. The maximum Gasteiger partial charge on any atom is 0.121 e. The lowest BCUT2D eigenvalue weighted by Crippen LogP contribution is -2.34. The van der Waals surface area contributed by atoms with E-state index in [0.29, 0.717) is 12.0 Å². The molecule has 0 atom stereocenters. The molecule has 0 unspecified atom stereocenters. The summed E-state index contributed by atoms with van der Waals surface area (Å²) in [4.78, 5) is 0. The molecule has 0 bridgehead atoms. The second-order valence-corrected chi connectivity index (χ2v) is 6.17. The van der Waals surface area contributed by atoms with Gasteiger partial charge in [0.15, 0.2) is 0 Å². The summed E-state index contributed by atoms with van der Waals surface area (Å²) in [6.07, 6.45) is 2.30. The number of hydrogen-bond donors (Lipinski definition) is 1. The van der Waals surface area contributed by atoms with Crippen molar-refractivity contribution in [1.29, 1.82) is 0 Å². The first-order valence-corrected chi connectivity index (χ1v) is 7.70. The van der Waals surface area contributed by atoms with E-state index in [2.05, 4.69) is 36.5 Å². The van der Waals surface area contributed by atoms with Crippen LogP contribution in [-0.2, 0) is 0 Å². The van der Waals surface area contributed by atoms with Crippen LogP contribution in [0.3, 0.4) is 0 Å². The largest absolute Gasteiger partial charge is 0.497 e. The van der Waals surface area contributed by atoms with Crippen molar-refractivity contribution in [2.75, 3.05) is 12.4 Å².